The molecule has 2 N–H and O–H groups in total. The molecule has 0 saturated heterocycles. The van der Waals surface area contributed by atoms with Crippen molar-refractivity contribution in [3.05, 3.63) is 0 Å². The van der Waals surface area contributed by atoms with Crippen LogP contribution in [-0.4, -0.2) is 59.3 Å². The van der Waals surface area contributed by atoms with E-state index in [-0.39, 0.29) is 25.3 Å². The van der Waals surface area contributed by atoms with Crippen molar-refractivity contribution in [3.8, 4) is 0 Å². The molecule has 0 atom stereocenters. The van der Waals surface area contributed by atoms with Crippen LogP contribution in [0.3, 0.4) is 0 Å². The maximum atomic E-state index is 11.4. The second-order valence-corrected chi connectivity index (χ2v) is 5.34. The number of carbonyl (C=O) groups excluding carboxylic acids is 1. The zero-order chi connectivity index (χ0) is 15.4. The summed E-state index contributed by atoms with van der Waals surface area (Å²) in [5, 5.41) is 18.3. The standard InChI is InChI=1S/C14H28N2O4/c1-15(2)11-8-6-4-3-5-7-9-13(17)16(20)12-10-14(18)19/h20H,3-12H2,1-2H3,(H,18,19). The highest BCUT2D eigenvalue weighted by Gasteiger charge is 2.11. The highest BCUT2D eigenvalue weighted by Crippen LogP contribution is 2.08. The van der Waals surface area contributed by atoms with Crippen LogP contribution >= 0.6 is 0 Å². The Kier molecular flexibility index (Phi) is 11.0. The molecule has 0 aromatic heterocycles. The lowest BCUT2D eigenvalue weighted by Gasteiger charge is -2.13. The SMILES string of the molecule is CN(C)CCCCCCCCC(=O)N(O)CCC(=O)O. The number of hydrogen-bond acceptors (Lipinski definition) is 4. The molecule has 0 fully saturated rings. The molecule has 0 saturated carbocycles. The van der Waals surface area contributed by atoms with Gasteiger partial charge in [-0.3, -0.25) is 14.8 Å². The van der Waals surface area contributed by atoms with Gasteiger partial charge in [-0.1, -0.05) is 25.7 Å². The molecule has 0 unspecified atom stereocenters. The number of amides is 1. The maximum absolute atomic E-state index is 11.4. The first-order valence-corrected chi connectivity index (χ1v) is 7.29. The number of carboxylic acids is 1. The lowest BCUT2D eigenvalue weighted by Crippen LogP contribution is -2.29. The van der Waals surface area contributed by atoms with E-state index in [0.29, 0.717) is 5.06 Å². The minimum atomic E-state index is -1.02. The molecule has 0 heterocycles. The molecule has 0 aliphatic heterocycles. The van der Waals surface area contributed by atoms with Gasteiger partial charge in [0.15, 0.2) is 0 Å². The van der Waals surface area contributed by atoms with Gasteiger partial charge >= 0.3 is 5.97 Å². The maximum Gasteiger partial charge on any atom is 0.305 e. The van der Waals surface area contributed by atoms with Crippen LogP contribution in [0.15, 0.2) is 0 Å². The van der Waals surface area contributed by atoms with Crippen LogP contribution in [0.1, 0.15) is 51.4 Å². The van der Waals surface area contributed by atoms with Crippen molar-refractivity contribution < 1.29 is 19.9 Å². The van der Waals surface area contributed by atoms with Crippen LogP contribution in [-0.2, 0) is 9.59 Å². The summed E-state index contributed by atoms with van der Waals surface area (Å²) in [7, 11) is 4.13. The van der Waals surface area contributed by atoms with Crippen molar-refractivity contribution in [2.45, 2.75) is 51.4 Å². The molecule has 0 aliphatic rings. The van der Waals surface area contributed by atoms with Gasteiger partial charge in [-0.25, -0.2) is 5.06 Å². The Morgan fingerprint density at radius 1 is 0.850 bits per heavy atom. The molecule has 20 heavy (non-hydrogen) atoms. The van der Waals surface area contributed by atoms with Crippen LogP contribution in [0, 0.1) is 0 Å². The van der Waals surface area contributed by atoms with Crippen molar-refractivity contribution in [2.75, 3.05) is 27.2 Å². The number of carboxylic acid groups (broad SMARTS) is 1. The zero-order valence-corrected chi connectivity index (χ0v) is 12.7. The first-order valence-electron chi connectivity index (χ1n) is 7.29. The minimum absolute atomic E-state index is 0.140. The number of hydroxylamine groups is 2. The first-order chi connectivity index (χ1) is 9.43. The summed E-state index contributed by atoms with van der Waals surface area (Å²) in [4.78, 5) is 23.9. The summed E-state index contributed by atoms with van der Waals surface area (Å²) < 4.78 is 0. The fourth-order valence-electron chi connectivity index (χ4n) is 1.87. The largest absolute Gasteiger partial charge is 0.481 e. The van der Waals surface area contributed by atoms with E-state index in [4.69, 9.17) is 5.11 Å². The van der Waals surface area contributed by atoms with E-state index < -0.39 is 5.97 Å². The molecular formula is C14H28N2O4. The summed E-state index contributed by atoms with van der Waals surface area (Å²) in [5.41, 5.74) is 0. The normalized spacial score (nSPS) is 10.8. The van der Waals surface area contributed by atoms with E-state index in [9.17, 15) is 14.8 Å². The van der Waals surface area contributed by atoms with E-state index >= 15 is 0 Å². The summed E-state index contributed by atoms with van der Waals surface area (Å²) in [6.45, 7) is 0.972. The smallest absolute Gasteiger partial charge is 0.305 e. The van der Waals surface area contributed by atoms with Crippen molar-refractivity contribution in [2.24, 2.45) is 0 Å². The summed E-state index contributed by atoms with van der Waals surface area (Å²) >= 11 is 0. The Hall–Kier alpha value is -1.14. The molecule has 1 amide bonds. The Labute approximate surface area is 121 Å². The molecule has 0 aromatic rings. The molecule has 0 aliphatic carbocycles. The third-order valence-electron chi connectivity index (χ3n) is 3.07. The fourth-order valence-corrected chi connectivity index (χ4v) is 1.87. The van der Waals surface area contributed by atoms with Crippen LogP contribution < -0.4 is 0 Å². The quantitative estimate of drug-likeness (QED) is 0.326. The fraction of sp³-hybridized carbons (Fsp3) is 0.857. The third kappa shape index (κ3) is 11.9. The van der Waals surface area contributed by atoms with E-state index in [1.807, 2.05) is 0 Å². The molecule has 0 radical (unpaired) electrons. The van der Waals surface area contributed by atoms with Crippen molar-refractivity contribution >= 4 is 11.9 Å². The Bertz CT molecular complexity index is 282. The second kappa shape index (κ2) is 11.7. The molecule has 0 rings (SSSR count). The summed E-state index contributed by atoms with van der Waals surface area (Å²) in [5.74, 6) is -1.41. The monoisotopic (exact) mass is 288 g/mol. The Morgan fingerprint density at radius 2 is 1.40 bits per heavy atom. The Balaban J connectivity index is 3.41. The number of rotatable bonds is 12. The highest BCUT2D eigenvalue weighted by atomic mass is 16.5. The minimum Gasteiger partial charge on any atom is -0.481 e. The number of aliphatic carboxylic acids is 1. The van der Waals surface area contributed by atoms with Gasteiger partial charge in [0.05, 0.1) is 13.0 Å². The second-order valence-electron chi connectivity index (χ2n) is 5.34. The summed E-state index contributed by atoms with van der Waals surface area (Å²) in [6.07, 6.45) is 6.45. The lowest BCUT2D eigenvalue weighted by molar-refractivity contribution is -0.167. The van der Waals surface area contributed by atoms with Crippen molar-refractivity contribution in [3.63, 3.8) is 0 Å². The van der Waals surface area contributed by atoms with Crippen LogP contribution in [0.4, 0.5) is 0 Å². The highest BCUT2D eigenvalue weighted by molar-refractivity contribution is 5.75. The number of hydrogen-bond donors (Lipinski definition) is 2. The predicted octanol–water partition coefficient (Wildman–Crippen LogP) is 1.97. The van der Waals surface area contributed by atoms with Gasteiger partial charge in [0.1, 0.15) is 0 Å². The number of unbranched alkanes of at least 4 members (excludes halogenated alkanes) is 5. The zero-order valence-electron chi connectivity index (χ0n) is 12.7. The average molecular weight is 288 g/mol. The van der Waals surface area contributed by atoms with E-state index in [0.717, 1.165) is 25.8 Å². The van der Waals surface area contributed by atoms with E-state index in [1.54, 1.807) is 0 Å². The van der Waals surface area contributed by atoms with E-state index in [2.05, 4.69) is 19.0 Å². The van der Waals surface area contributed by atoms with Crippen LogP contribution in [0.5, 0.6) is 0 Å². The van der Waals surface area contributed by atoms with Crippen molar-refractivity contribution in [1.29, 1.82) is 0 Å². The molecule has 118 valence electrons. The van der Waals surface area contributed by atoms with Gasteiger partial charge in [0.2, 0.25) is 5.91 Å². The topological polar surface area (TPSA) is 81.1 Å². The Morgan fingerprint density at radius 3 is 1.95 bits per heavy atom. The predicted molar refractivity (Wildman–Crippen MR) is 76.6 cm³/mol. The molecule has 0 spiro atoms. The van der Waals surface area contributed by atoms with Gasteiger partial charge in [-0.2, -0.15) is 0 Å². The molecule has 0 bridgehead atoms. The van der Waals surface area contributed by atoms with Gasteiger partial charge in [0, 0.05) is 6.42 Å². The van der Waals surface area contributed by atoms with Crippen LogP contribution in [0.2, 0.25) is 0 Å². The number of nitrogens with zero attached hydrogens (tertiary/aromatic N) is 2. The van der Waals surface area contributed by atoms with Crippen LogP contribution in [0.25, 0.3) is 0 Å². The number of carbonyl (C=O) groups is 2. The summed E-state index contributed by atoms with van der Waals surface area (Å²) in [6, 6.07) is 0. The van der Waals surface area contributed by atoms with Gasteiger partial charge in [-0.15, -0.1) is 0 Å². The molecule has 6 heteroatoms. The first kappa shape index (κ1) is 18.9. The van der Waals surface area contributed by atoms with E-state index in [1.165, 1.54) is 19.3 Å². The molecule has 0 aromatic carbocycles. The van der Waals surface area contributed by atoms with Gasteiger partial charge in [-0.05, 0) is 33.5 Å². The van der Waals surface area contributed by atoms with Crippen molar-refractivity contribution in [1.82, 2.24) is 9.96 Å². The third-order valence-corrected chi connectivity index (χ3v) is 3.07. The molecule has 6 nitrogen and oxygen atoms in total. The van der Waals surface area contributed by atoms with Gasteiger partial charge < -0.3 is 10.0 Å². The average Bonchev–Trinajstić information content (AvgIpc) is 2.38. The van der Waals surface area contributed by atoms with Gasteiger partial charge in [0.25, 0.3) is 0 Å². The lowest BCUT2D eigenvalue weighted by atomic mass is 10.1. The molecular weight excluding hydrogens is 260 g/mol.